The van der Waals surface area contributed by atoms with Crippen molar-refractivity contribution in [3.63, 3.8) is 0 Å². The van der Waals surface area contributed by atoms with Gasteiger partial charge in [-0.25, -0.2) is 0 Å². The van der Waals surface area contributed by atoms with Crippen LogP contribution in [0.1, 0.15) is 6.92 Å². The summed E-state index contributed by atoms with van der Waals surface area (Å²) >= 11 is 0. The van der Waals surface area contributed by atoms with Crippen LogP contribution in [0.15, 0.2) is 0 Å². The standard InChI is InChI=1S/C6H13N2O/c1-4-7-5-6(9)8(2)3/h4,7H,5H2,1-3H3. The highest BCUT2D eigenvalue weighted by atomic mass is 16.2. The van der Waals surface area contributed by atoms with Gasteiger partial charge in [0.25, 0.3) is 0 Å². The topological polar surface area (TPSA) is 32.3 Å². The van der Waals surface area contributed by atoms with Gasteiger partial charge < -0.3 is 10.2 Å². The van der Waals surface area contributed by atoms with E-state index in [4.69, 9.17) is 0 Å². The molecule has 0 unspecified atom stereocenters. The molecule has 0 aromatic heterocycles. The molecule has 1 radical (unpaired) electrons. The molecule has 0 fully saturated rings. The average Bonchev–Trinajstić information content (AvgIpc) is 1.82. The van der Waals surface area contributed by atoms with Crippen LogP contribution < -0.4 is 5.32 Å². The highest BCUT2D eigenvalue weighted by Crippen LogP contribution is 1.75. The first-order valence-electron chi connectivity index (χ1n) is 2.90. The minimum absolute atomic E-state index is 0.0908. The fourth-order valence-corrected chi connectivity index (χ4v) is 0.347. The van der Waals surface area contributed by atoms with Crippen molar-refractivity contribution >= 4 is 5.91 Å². The van der Waals surface area contributed by atoms with E-state index in [1.807, 2.05) is 6.92 Å². The quantitative estimate of drug-likeness (QED) is 0.574. The molecule has 1 N–H and O–H groups in total. The Morgan fingerprint density at radius 1 is 1.67 bits per heavy atom. The van der Waals surface area contributed by atoms with Crippen molar-refractivity contribution in [3.8, 4) is 0 Å². The summed E-state index contributed by atoms with van der Waals surface area (Å²) in [5.74, 6) is 0.0908. The van der Waals surface area contributed by atoms with Gasteiger partial charge in [0.15, 0.2) is 0 Å². The van der Waals surface area contributed by atoms with Crippen LogP contribution in [0.2, 0.25) is 0 Å². The number of hydrogen-bond donors (Lipinski definition) is 1. The minimum atomic E-state index is 0.0908. The summed E-state index contributed by atoms with van der Waals surface area (Å²) in [6.07, 6.45) is 0. The fraction of sp³-hybridized carbons (Fsp3) is 0.667. The Hall–Kier alpha value is -0.570. The number of nitrogens with one attached hydrogen (secondary N) is 1. The third kappa shape index (κ3) is 3.97. The van der Waals surface area contributed by atoms with Gasteiger partial charge >= 0.3 is 0 Å². The van der Waals surface area contributed by atoms with Crippen molar-refractivity contribution in [2.45, 2.75) is 6.92 Å². The van der Waals surface area contributed by atoms with Gasteiger partial charge in [-0.1, -0.05) is 0 Å². The molecule has 0 aromatic carbocycles. The van der Waals surface area contributed by atoms with E-state index in [9.17, 15) is 4.79 Å². The van der Waals surface area contributed by atoms with Crippen molar-refractivity contribution in [1.29, 1.82) is 0 Å². The fourth-order valence-electron chi connectivity index (χ4n) is 0.347. The van der Waals surface area contributed by atoms with E-state index in [-0.39, 0.29) is 5.91 Å². The molecule has 0 aromatic rings. The molecule has 0 atom stereocenters. The normalized spacial score (nSPS) is 9.22. The Bertz CT molecular complexity index is 91.1. The second-order valence-electron chi connectivity index (χ2n) is 1.96. The van der Waals surface area contributed by atoms with E-state index in [2.05, 4.69) is 5.32 Å². The van der Waals surface area contributed by atoms with Crippen LogP contribution in [0.25, 0.3) is 0 Å². The Morgan fingerprint density at radius 2 is 2.22 bits per heavy atom. The molecular weight excluding hydrogens is 116 g/mol. The number of nitrogens with zero attached hydrogens (tertiary/aromatic N) is 1. The lowest BCUT2D eigenvalue weighted by Gasteiger charge is -2.08. The molecular formula is C6H13N2O. The first-order valence-corrected chi connectivity index (χ1v) is 2.90. The van der Waals surface area contributed by atoms with Crippen LogP contribution in [0.5, 0.6) is 0 Å². The summed E-state index contributed by atoms with van der Waals surface area (Å²) in [5, 5.41) is 2.81. The van der Waals surface area contributed by atoms with Gasteiger partial charge in [-0.15, -0.1) is 0 Å². The summed E-state index contributed by atoms with van der Waals surface area (Å²) < 4.78 is 0. The lowest BCUT2D eigenvalue weighted by Crippen LogP contribution is -2.31. The highest BCUT2D eigenvalue weighted by Gasteiger charge is 1.99. The largest absolute Gasteiger partial charge is 0.348 e. The second-order valence-corrected chi connectivity index (χ2v) is 1.96. The Labute approximate surface area is 56.0 Å². The van der Waals surface area contributed by atoms with Gasteiger partial charge in [-0.2, -0.15) is 0 Å². The van der Waals surface area contributed by atoms with Crippen molar-refractivity contribution in [2.24, 2.45) is 0 Å². The van der Waals surface area contributed by atoms with E-state index in [1.54, 1.807) is 25.5 Å². The molecule has 9 heavy (non-hydrogen) atoms. The second kappa shape index (κ2) is 4.32. The van der Waals surface area contributed by atoms with E-state index in [0.29, 0.717) is 6.54 Å². The van der Waals surface area contributed by atoms with E-state index in [0.717, 1.165) is 0 Å². The number of carbonyl (C=O) groups excluding carboxylic acids is 1. The van der Waals surface area contributed by atoms with Crippen molar-refractivity contribution in [3.05, 3.63) is 6.54 Å². The molecule has 0 bridgehead atoms. The summed E-state index contributed by atoms with van der Waals surface area (Å²) in [4.78, 5) is 12.3. The molecule has 0 aliphatic heterocycles. The first kappa shape index (κ1) is 8.43. The predicted octanol–water partition coefficient (Wildman–Crippen LogP) is -0.154. The summed E-state index contributed by atoms with van der Waals surface area (Å²) in [7, 11) is 3.47. The zero-order valence-corrected chi connectivity index (χ0v) is 6.14. The maximum absolute atomic E-state index is 10.7. The zero-order valence-electron chi connectivity index (χ0n) is 6.14. The van der Waals surface area contributed by atoms with Gasteiger partial charge in [0, 0.05) is 20.6 Å². The number of amides is 1. The molecule has 0 aliphatic carbocycles. The van der Waals surface area contributed by atoms with Crippen LogP contribution in [0.3, 0.4) is 0 Å². The first-order chi connectivity index (χ1) is 4.18. The van der Waals surface area contributed by atoms with Gasteiger partial charge in [-0.05, 0) is 6.92 Å². The molecule has 1 amide bonds. The minimum Gasteiger partial charge on any atom is -0.348 e. The summed E-state index contributed by atoms with van der Waals surface area (Å²) in [6, 6.07) is 0. The monoisotopic (exact) mass is 129 g/mol. The van der Waals surface area contributed by atoms with E-state index >= 15 is 0 Å². The number of carbonyl (C=O) groups is 1. The van der Waals surface area contributed by atoms with Crippen LogP contribution in [0.4, 0.5) is 0 Å². The molecule has 0 rings (SSSR count). The third-order valence-corrected chi connectivity index (χ3v) is 0.956. The zero-order chi connectivity index (χ0) is 7.28. The molecule has 0 saturated heterocycles. The summed E-state index contributed by atoms with van der Waals surface area (Å²) in [5.41, 5.74) is 0. The number of rotatable bonds is 3. The molecule has 3 nitrogen and oxygen atoms in total. The molecule has 0 aliphatic rings. The van der Waals surface area contributed by atoms with Crippen molar-refractivity contribution in [1.82, 2.24) is 10.2 Å². The Kier molecular flexibility index (Phi) is 4.05. The predicted molar refractivity (Wildman–Crippen MR) is 36.7 cm³/mol. The molecule has 0 saturated carbocycles. The Morgan fingerprint density at radius 3 is 2.56 bits per heavy atom. The summed E-state index contributed by atoms with van der Waals surface area (Å²) in [6.45, 7) is 3.99. The molecule has 0 spiro atoms. The van der Waals surface area contributed by atoms with Gasteiger partial charge in [0.05, 0.1) is 6.54 Å². The molecule has 53 valence electrons. The SMILES string of the molecule is C[CH]NCC(=O)N(C)C. The smallest absolute Gasteiger partial charge is 0.236 e. The van der Waals surface area contributed by atoms with Crippen LogP contribution in [-0.4, -0.2) is 31.4 Å². The number of hydrogen-bond acceptors (Lipinski definition) is 2. The van der Waals surface area contributed by atoms with E-state index in [1.165, 1.54) is 0 Å². The lowest BCUT2D eigenvalue weighted by atomic mass is 10.5. The Balaban J connectivity index is 3.28. The lowest BCUT2D eigenvalue weighted by molar-refractivity contribution is -0.127. The third-order valence-electron chi connectivity index (χ3n) is 0.956. The van der Waals surface area contributed by atoms with Gasteiger partial charge in [0.1, 0.15) is 0 Å². The van der Waals surface area contributed by atoms with Crippen LogP contribution in [-0.2, 0) is 4.79 Å². The van der Waals surface area contributed by atoms with Gasteiger partial charge in [0.2, 0.25) is 5.91 Å². The molecule has 3 heteroatoms. The van der Waals surface area contributed by atoms with E-state index < -0.39 is 0 Å². The average molecular weight is 129 g/mol. The number of likely N-dealkylation sites (N-methyl/N-ethyl adjacent to an activating group) is 1. The van der Waals surface area contributed by atoms with Crippen molar-refractivity contribution in [2.75, 3.05) is 20.6 Å². The van der Waals surface area contributed by atoms with Crippen molar-refractivity contribution < 1.29 is 4.79 Å². The van der Waals surface area contributed by atoms with Crippen LogP contribution in [0, 0.1) is 6.54 Å². The highest BCUT2D eigenvalue weighted by molar-refractivity contribution is 5.77. The molecule has 0 heterocycles. The van der Waals surface area contributed by atoms with Crippen LogP contribution >= 0.6 is 0 Å². The maximum Gasteiger partial charge on any atom is 0.236 e. The maximum atomic E-state index is 10.7. The van der Waals surface area contributed by atoms with Gasteiger partial charge in [-0.3, -0.25) is 4.79 Å².